The van der Waals surface area contributed by atoms with Crippen LogP contribution >= 0.6 is 0 Å². The topological polar surface area (TPSA) is 38.1 Å². The molecule has 1 amide bonds. The second-order valence-electron chi connectivity index (χ2n) is 5.47. The molecule has 0 radical (unpaired) electrons. The number of amides is 1. The van der Waals surface area contributed by atoms with Crippen LogP contribution in [-0.4, -0.2) is 27.6 Å². The Labute approximate surface area is 126 Å². The number of rotatable bonds is 6. The van der Waals surface area contributed by atoms with Crippen LogP contribution in [0.3, 0.4) is 0 Å². The third-order valence-corrected chi connectivity index (χ3v) is 3.63. The van der Waals surface area contributed by atoms with Gasteiger partial charge in [-0.3, -0.25) is 9.48 Å². The van der Waals surface area contributed by atoms with Gasteiger partial charge in [0, 0.05) is 32.4 Å². The van der Waals surface area contributed by atoms with Gasteiger partial charge in [0.15, 0.2) is 0 Å². The Morgan fingerprint density at radius 3 is 2.62 bits per heavy atom. The van der Waals surface area contributed by atoms with Gasteiger partial charge in [0.05, 0.1) is 12.1 Å². The van der Waals surface area contributed by atoms with Crippen LogP contribution in [0.1, 0.15) is 36.8 Å². The summed E-state index contributed by atoms with van der Waals surface area (Å²) >= 11 is 0. The lowest BCUT2D eigenvalue weighted by Gasteiger charge is -2.23. The quantitative estimate of drug-likeness (QED) is 0.818. The average molecular weight is 285 g/mol. The highest BCUT2D eigenvalue weighted by Crippen LogP contribution is 2.24. The smallest absolute Gasteiger partial charge is 0.230 e. The number of nitrogens with zero attached hydrogens (tertiary/aromatic N) is 3. The molecule has 112 valence electrons. The number of benzene rings is 1. The first-order chi connectivity index (χ1) is 10.1. The Morgan fingerprint density at radius 2 is 2.05 bits per heavy atom. The minimum atomic E-state index is -0.0575. The molecule has 0 saturated heterocycles. The van der Waals surface area contributed by atoms with Crippen molar-refractivity contribution in [1.29, 1.82) is 0 Å². The Balaban J connectivity index is 2.10. The van der Waals surface area contributed by atoms with Gasteiger partial charge in [0.2, 0.25) is 5.91 Å². The van der Waals surface area contributed by atoms with Crippen molar-refractivity contribution in [2.24, 2.45) is 7.05 Å². The number of aryl methyl sites for hydroxylation is 1. The van der Waals surface area contributed by atoms with E-state index in [1.165, 1.54) is 0 Å². The third-order valence-electron chi connectivity index (χ3n) is 3.63. The molecule has 0 aliphatic heterocycles. The lowest BCUT2D eigenvalue weighted by atomic mass is 9.93. The first-order valence-corrected chi connectivity index (χ1v) is 7.39. The van der Waals surface area contributed by atoms with Gasteiger partial charge in [0.1, 0.15) is 0 Å². The van der Waals surface area contributed by atoms with Crippen LogP contribution in [0.2, 0.25) is 0 Å². The van der Waals surface area contributed by atoms with Crippen molar-refractivity contribution in [3.05, 3.63) is 53.9 Å². The van der Waals surface area contributed by atoms with Crippen LogP contribution in [0.4, 0.5) is 0 Å². The average Bonchev–Trinajstić information content (AvgIpc) is 2.90. The van der Waals surface area contributed by atoms with Crippen LogP contribution in [0.5, 0.6) is 0 Å². The van der Waals surface area contributed by atoms with Crippen molar-refractivity contribution < 1.29 is 4.79 Å². The number of likely N-dealkylation sites (N-methyl/N-ethyl adjacent to an activating group) is 1. The molecule has 21 heavy (non-hydrogen) atoms. The zero-order chi connectivity index (χ0) is 15.2. The van der Waals surface area contributed by atoms with E-state index in [4.69, 9.17) is 0 Å². The van der Waals surface area contributed by atoms with Crippen LogP contribution in [-0.2, 0) is 18.4 Å². The standard InChI is InChI=1S/C17H23N3O/c1-4-8-16(15-9-6-5-7-10-15)17(21)19(2)12-14-11-18-20(3)13-14/h5-7,9-11,13,16H,4,8,12H2,1-3H3. The lowest BCUT2D eigenvalue weighted by molar-refractivity contribution is -0.132. The molecule has 0 N–H and O–H groups in total. The number of carbonyl (C=O) groups is 1. The molecule has 1 aromatic heterocycles. The zero-order valence-corrected chi connectivity index (χ0v) is 13.0. The van der Waals surface area contributed by atoms with E-state index in [2.05, 4.69) is 12.0 Å². The molecule has 1 unspecified atom stereocenters. The van der Waals surface area contributed by atoms with Crippen LogP contribution in [0.25, 0.3) is 0 Å². The minimum Gasteiger partial charge on any atom is -0.341 e. The summed E-state index contributed by atoms with van der Waals surface area (Å²) in [6.07, 6.45) is 5.62. The maximum atomic E-state index is 12.7. The number of carbonyl (C=O) groups excluding carboxylic acids is 1. The summed E-state index contributed by atoms with van der Waals surface area (Å²) in [4.78, 5) is 14.5. The van der Waals surface area contributed by atoms with Crippen LogP contribution < -0.4 is 0 Å². The number of hydrogen-bond acceptors (Lipinski definition) is 2. The van der Waals surface area contributed by atoms with Crippen molar-refractivity contribution in [2.75, 3.05) is 7.05 Å². The zero-order valence-electron chi connectivity index (χ0n) is 13.0. The van der Waals surface area contributed by atoms with Gasteiger partial charge in [-0.05, 0) is 12.0 Å². The van der Waals surface area contributed by atoms with Crippen molar-refractivity contribution in [1.82, 2.24) is 14.7 Å². The molecule has 0 aliphatic rings. The van der Waals surface area contributed by atoms with Gasteiger partial charge in [-0.15, -0.1) is 0 Å². The van der Waals surface area contributed by atoms with E-state index in [1.807, 2.05) is 50.6 Å². The molecule has 4 nitrogen and oxygen atoms in total. The summed E-state index contributed by atoms with van der Waals surface area (Å²) in [5.41, 5.74) is 2.15. The van der Waals surface area contributed by atoms with Crippen molar-refractivity contribution in [2.45, 2.75) is 32.2 Å². The molecule has 0 aliphatic carbocycles. The largest absolute Gasteiger partial charge is 0.341 e. The fraction of sp³-hybridized carbons (Fsp3) is 0.412. The predicted octanol–water partition coefficient (Wildman–Crippen LogP) is 2.96. The molecule has 1 heterocycles. The fourth-order valence-electron chi connectivity index (χ4n) is 2.58. The lowest BCUT2D eigenvalue weighted by Crippen LogP contribution is -2.31. The van der Waals surface area contributed by atoms with E-state index in [0.29, 0.717) is 6.54 Å². The first-order valence-electron chi connectivity index (χ1n) is 7.39. The molecule has 0 bridgehead atoms. The van der Waals surface area contributed by atoms with E-state index >= 15 is 0 Å². The maximum Gasteiger partial charge on any atom is 0.230 e. The van der Waals surface area contributed by atoms with E-state index < -0.39 is 0 Å². The Morgan fingerprint density at radius 1 is 1.33 bits per heavy atom. The fourth-order valence-corrected chi connectivity index (χ4v) is 2.58. The highest BCUT2D eigenvalue weighted by atomic mass is 16.2. The summed E-state index contributed by atoms with van der Waals surface area (Å²) in [5, 5.41) is 4.15. The van der Waals surface area contributed by atoms with Gasteiger partial charge in [0.25, 0.3) is 0 Å². The Bertz CT molecular complexity index is 577. The monoisotopic (exact) mass is 285 g/mol. The van der Waals surface area contributed by atoms with Gasteiger partial charge < -0.3 is 4.90 Å². The van der Waals surface area contributed by atoms with E-state index in [-0.39, 0.29) is 11.8 Å². The van der Waals surface area contributed by atoms with E-state index in [1.54, 1.807) is 15.8 Å². The molecular formula is C17H23N3O. The van der Waals surface area contributed by atoms with E-state index in [0.717, 1.165) is 24.0 Å². The highest BCUT2D eigenvalue weighted by molar-refractivity contribution is 5.83. The van der Waals surface area contributed by atoms with Gasteiger partial charge >= 0.3 is 0 Å². The Kier molecular flexibility index (Phi) is 5.14. The summed E-state index contributed by atoms with van der Waals surface area (Å²) < 4.78 is 1.76. The van der Waals surface area contributed by atoms with Crippen molar-refractivity contribution in [3.8, 4) is 0 Å². The third kappa shape index (κ3) is 3.94. The molecule has 1 aromatic carbocycles. The second kappa shape index (κ2) is 7.07. The molecule has 0 saturated carbocycles. The second-order valence-corrected chi connectivity index (χ2v) is 5.47. The molecule has 2 rings (SSSR count). The van der Waals surface area contributed by atoms with Crippen LogP contribution in [0, 0.1) is 0 Å². The molecule has 0 fully saturated rings. The predicted molar refractivity (Wildman–Crippen MR) is 83.8 cm³/mol. The van der Waals surface area contributed by atoms with Crippen molar-refractivity contribution >= 4 is 5.91 Å². The van der Waals surface area contributed by atoms with Gasteiger partial charge in [-0.2, -0.15) is 5.10 Å². The molecule has 4 heteroatoms. The maximum absolute atomic E-state index is 12.7. The number of hydrogen-bond donors (Lipinski definition) is 0. The molecule has 0 spiro atoms. The van der Waals surface area contributed by atoms with E-state index in [9.17, 15) is 4.79 Å². The summed E-state index contributed by atoms with van der Waals surface area (Å²) in [5.74, 6) is 0.116. The molecular weight excluding hydrogens is 262 g/mol. The first kappa shape index (κ1) is 15.3. The summed E-state index contributed by atoms with van der Waals surface area (Å²) in [6.45, 7) is 2.71. The SMILES string of the molecule is CCCC(C(=O)N(C)Cc1cnn(C)c1)c1ccccc1. The number of aromatic nitrogens is 2. The van der Waals surface area contributed by atoms with Gasteiger partial charge in [-0.25, -0.2) is 0 Å². The van der Waals surface area contributed by atoms with Crippen molar-refractivity contribution in [3.63, 3.8) is 0 Å². The highest BCUT2D eigenvalue weighted by Gasteiger charge is 2.23. The molecule has 1 atom stereocenters. The van der Waals surface area contributed by atoms with Gasteiger partial charge in [-0.1, -0.05) is 43.7 Å². The Hall–Kier alpha value is -2.10. The minimum absolute atomic E-state index is 0.0575. The summed E-state index contributed by atoms with van der Waals surface area (Å²) in [6, 6.07) is 10.0. The normalized spacial score (nSPS) is 12.1. The van der Waals surface area contributed by atoms with Crippen LogP contribution in [0.15, 0.2) is 42.7 Å². The summed E-state index contributed by atoms with van der Waals surface area (Å²) in [7, 11) is 3.75. The molecule has 2 aromatic rings.